The minimum Gasteiger partial charge on any atom is -0.462 e. The highest BCUT2D eigenvalue weighted by Gasteiger charge is 2.43. The van der Waals surface area contributed by atoms with Crippen LogP contribution < -0.4 is 0 Å². The maximum atomic E-state index is 11.5. The van der Waals surface area contributed by atoms with Crippen LogP contribution in [0.2, 0.25) is 0 Å². The average molecular weight is 238 g/mol. The number of hydrogen-bond acceptors (Lipinski definition) is 3. The Morgan fingerprint density at radius 2 is 2.06 bits per heavy atom. The molecule has 0 aromatic rings. The van der Waals surface area contributed by atoms with Crippen LogP contribution in [-0.4, -0.2) is 17.9 Å². The quantitative estimate of drug-likeness (QED) is 0.561. The first-order valence-corrected chi connectivity index (χ1v) is 6.47. The second-order valence-corrected chi connectivity index (χ2v) is 4.65. The second-order valence-electron chi connectivity index (χ2n) is 4.65. The Bertz CT molecular complexity index is 319. The summed E-state index contributed by atoms with van der Waals surface area (Å²) in [5.74, 6) is 0.356. The van der Waals surface area contributed by atoms with Gasteiger partial charge in [0, 0.05) is 12.3 Å². The molecule has 2 rings (SSSR count). The smallest absolute Gasteiger partial charge is 0.309 e. The van der Waals surface area contributed by atoms with Gasteiger partial charge in [-0.15, -0.1) is 0 Å². The van der Waals surface area contributed by atoms with Crippen LogP contribution in [-0.2, 0) is 14.3 Å². The van der Waals surface area contributed by atoms with Gasteiger partial charge in [0.1, 0.15) is 6.10 Å². The molecule has 3 heteroatoms. The van der Waals surface area contributed by atoms with E-state index in [0.717, 1.165) is 19.3 Å². The fourth-order valence-corrected chi connectivity index (χ4v) is 2.44. The summed E-state index contributed by atoms with van der Waals surface area (Å²) in [5.41, 5.74) is 0.599. The third kappa shape index (κ3) is 3.18. The van der Waals surface area contributed by atoms with Crippen molar-refractivity contribution < 1.29 is 14.3 Å². The number of fused-ring (bicyclic) bond motifs is 2. The number of Topliss-reactive ketones (excluding diaryl/α,β-unsaturated/α-hetero) is 1. The van der Waals surface area contributed by atoms with Crippen LogP contribution in [0, 0.1) is 11.8 Å². The molecule has 2 bridgehead atoms. The van der Waals surface area contributed by atoms with Crippen LogP contribution in [0.4, 0.5) is 0 Å². The minimum absolute atomic E-state index is 0.0143. The van der Waals surface area contributed by atoms with E-state index in [9.17, 15) is 9.59 Å². The van der Waals surface area contributed by atoms with Gasteiger partial charge >= 0.3 is 5.97 Å². The highest BCUT2D eigenvalue weighted by atomic mass is 16.6. The molecule has 0 N–H and O–H groups in total. The Kier molecular flexibility index (Phi) is 4.91. The van der Waals surface area contributed by atoms with Gasteiger partial charge in [-0.05, 0) is 31.8 Å². The van der Waals surface area contributed by atoms with Crippen molar-refractivity contribution in [3.05, 3.63) is 12.2 Å². The van der Waals surface area contributed by atoms with Gasteiger partial charge in [-0.3, -0.25) is 9.59 Å². The topological polar surface area (TPSA) is 43.4 Å². The van der Waals surface area contributed by atoms with E-state index in [2.05, 4.69) is 6.58 Å². The van der Waals surface area contributed by atoms with Gasteiger partial charge in [-0.1, -0.05) is 20.4 Å². The maximum absolute atomic E-state index is 11.5. The molecule has 0 aromatic heterocycles. The lowest BCUT2D eigenvalue weighted by Crippen LogP contribution is -2.26. The van der Waals surface area contributed by atoms with Gasteiger partial charge in [0.25, 0.3) is 0 Å². The summed E-state index contributed by atoms with van der Waals surface area (Å²) in [6.45, 7) is 9.37. The Hall–Kier alpha value is -1.12. The van der Waals surface area contributed by atoms with Crippen LogP contribution in [0.3, 0.4) is 0 Å². The first-order chi connectivity index (χ1) is 8.08. The lowest BCUT2D eigenvalue weighted by Gasteiger charge is -2.24. The largest absolute Gasteiger partial charge is 0.462 e. The van der Waals surface area contributed by atoms with Crippen LogP contribution in [0.1, 0.15) is 46.5 Å². The third-order valence-electron chi connectivity index (χ3n) is 3.45. The maximum Gasteiger partial charge on any atom is 0.309 e. The Morgan fingerprint density at radius 1 is 1.41 bits per heavy atom. The van der Waals surface area contributed by atoms with Crippen LogP contribution in [0.25, 0.3) is 0 Å². The van der Waals surface area contributed by atoms with Crippen LogP contribution in [0.15, 0.2) is 12.2 Å². The van der Waals surface area contributed by atoms with Crippen molar-refractivity contribution in [3.8, 4) is 0 Å². The van der Waals surface area contributed by atoms with Crippen LogP contribution >= 0.6 is 0 Å². The molecule has 0 amide bonds. The number of ketones is 1. The molecule has 2 aliphatic rings. The summed E-state index contributed by atoms with van der Waals surface area (Å²) in [4.78, 5) is 22.8. The first-order valence-electron chi connectivity index (χ1n) is 6.47. The van der Waals surface area contributed by atoms with Crippen molar-refractivity contribution in [3.63, 3.8) is 0 Å². The predicted molar refractivity (Wildman–Crippen MR) is 66.5 cm³/mol. The molecular formula is C14H22O3. The van der Waals surface area contributed by atoms with E-state index in [1.54, 1.807) is 6.92 Å². The van der Waals surface area contributed by atoms with Gasteiger partial charge in [-0.2, -0.15) is 0 Å². The summed E-state index contributed by atoms with van der Waals surface area (Å²) < 4.78 is 5.26. The molecule has 0 radical (unpaired) electrons. The molecular weight excluding hydrogens is 216 g/mol. The van der Waals surface area contributed by atoms with Crippen LogP contribution in [0.5, 0.6) is 0 Å². The van der Waals surface area contributed by atoms with E-state index in [1.807, 2.05) is 13.8 Å². The number of hydrogen-bond donors (Lipinski definition) is 0. The zero-order chi connectivity index (χ0) is 13.0. The fourth-order valence-electron chi connectivity index (χ4n) is 2.44. The number of carbonyl (C=O) groups excluding carboxylic acids is 2. The van der Waals surface area contributed by atoms with Crippen molar-refractivity contribution in [2.24, 2.45) is 11.8 Å². The van der Waals surface area contributed by atoms with Crippen molar-refractivity contribution in [2.45, 2.75) is 52.6 Å². The third-order valence-corrected chi connectivity index (χ3v) is 3.45. The molecule has 0 aromatic carbocycles. The SMILES string of the molecule is C=C(C)C(=O)CC1CCC2CC1OC2=O.CC. The Morgan fingerprint density at radius 3 is 2.65 bits per heavy atom. The number of esters is 1. The van der Waals surface area contributed by atoms with Crippen molar-refractivity contribution in [1.29, 1.82) is 0 Å². The summed E-state index contributed by atoms with van der Waals surface area (Å²) in [5, 5.41) is 0. The number of carbonyl (C=O) groups is 2. The summed E-state index contributed by atoms with van der Waals surface area (Å²) in [6, 6.07) is 0. The second kappa shape index (κ2) is 5.99. The zero-order valence-corrected chi connectivity index (χ0v) is 11.0. The van der Waals surface area contributed by atoms with Gasteiger partial charge < -0.3 is 4.74 Å². The molecule has 1 aliphatic carbocycles. The van der Waals surface area contributed by atoms with Gasteiger partial charge in [0.05, 0.1) is 5.92 Å². The fraction of sp³-hybridized carbons (Fsp3) is 0.714. The lowest BCUT2D eigenvalue weighted by molar-refractivity contribution is -0.144. The highest BCUT2D eigenvalue weighted by molar-refractivity contribution is 5.94. The molecule has 3 atom stereocenters. The standard InChI is InChI=1S/C12H16O3.C2H6/c1-7(2)10(13)5-8-3-4-9-6-11(8)15-12(9)14;1-2/h8-9,11H,1,3-6H2,2H3;1-2H3. The van der Waals surface area contributed by atoms with Crippen molar-refractivity contribution in [2.75, 3.05) is 0 Å². The number of allylic oxidation sites excluding steroid dienone is 1. The van der Waals surface area contributed by atoms with Gasteiger partial charge in [0.2, 0.25) is 0 Å². The summed E-state index contributed by atoms with van der Waals surface area (Å²) in [6.07, 6.45) is 3.09. The van der Waals surface area contributed by atoms with E-state index in [-0.39, 0.29) is 29.7 Å². The monoisotopic (exact) mass is 238 g/mol. The molecule has 3 nitrogen and oxygen atoms in total. The molecule has 0 spiro atoms. The summed E-state index contributed by atoms with van der Waals surface area (Å²) >= 11 is 0. The normalized spacial score (nSPS) is 30.1. The molecule has 1 saturated carbocycles. The lowest BCUT2D eigenvalue weighted by atomic mass is 9.79. The molecule has 3 unspecified atom stereocenters. The molecule has 17 heavy (non-hydrogen) atoms. The van der Waals surface area contributed by atoms with Crippen molar-refractivity contribution in [1.82, 2.24) is 0 Å². The molecule has 1 saturated heterocycles. The van der Waals surface area contributed by atoms with E-state index in [4.69, 9.17) is 4.74 Å². The zero-order valence-electron chi connectivity index (χ0n) is 11.0. The van der Waals surface area contributed by atoms with E-state index < -0.39 is 0 Å². The summed E-state index contributed by atoms with van der Waals surface area (Å²) in [7, 11) is 0. The first kappa shape index (κ1) is 13.9. The predicted octanol–water partition coefficient (Wildman–Crippen LogP) is 2.89. The van der Waals surface area contributed by atoms with E-state index in [1.165, 1.54) is 0 Å². The minimum atomic E-state index is -0.0646. The van der Waals surface area contributed by atoms with E-state index in [0.29, 0.717) is 12.0 Å². The average Bonchev–Trinajstić information content (AvgIpc) is 2.62. The molecule has 1 heterocycles. The molecule has 2 fully saturated rings. The van der Waals surface area contributed by atoms with Gasteiger partial charge in [0.15, 0.2) is 5.78 Å². The van der Waals surface area contributed by atoms with Gasteiger partial charge in [-0.25, -0.2) is 0 Å². The molecule has 1 aliphatic heterocycles. The Balaban J connectivity index is 0.000000686. The van der Waals surface area contributed by atoms with Crippen molar-refractivity contribution >= 4 is 11.8 Å². The number of ether oxygens (including phenoxy) is 1. The Labute approximate surface area is 103 Å². The highest BCUT2D eigenvalue weighted by Crippen LogP contribution is 2.39. The van der Waals surface area contributed by atoms with E-state index >= 15 is 0 Å². The number of rotatable bonds is 3. The molecule has 96 valence electrons.